The SMILES string of the molecule is Cn1nc(-c2ccc3c(c2)CCN(C=O)C3)nc1Nc1ccc2[nH]ncc2c1Cl. The normalized spacial score (nSPS) is 13.5. The molecule has 0 saturated heterocycles. The van der Waals surface area contributed by atoms with Crippen LogP contribution in [0.3, 0.4) is 0 Å². The van der Waals surface area contributed by atoms with Crippen LogP contribution in [0.1, 0.15) is 11.1 Å². The van der Waals surface area contributed by atoms with E-state index in [0.717, 1.165) is 41.5 Å². The van der Waals surface area contributed by atoms with Crippen LogP contribution in [-0.4, -0.2) is 42.8 Å². The molecule has 3 heterocycles. The van der Waals surface area contributed by atoms with Crippen LogP contribution in [-0.2, 0) is 24.8 Å². The van der Waals surface area contributed by atoms with E-state index in [1.807, 2.05) is 31.3 Å². The highest BCUT2D eigenvalue weighted by Gasteiger charge is 2.17. The molecule has 9 heteroatoms. The molecule has 0 saturated carbocycles. The predicted molar refractivity (Wildman–Crippen MR) is 111 cm³/mol. The highest BCUT2D eigenvalue weighted by molar-refractivity contribution is 6.38. The number of nitrogens with one attached hydrogen (secondary N) is 2. The van der Waals surface area contributed by atoms with Gasteiger partial charge in [-0.2, -0.15) is 10.1 Å². The first-order valence-corrected chi connectivity index (χ1v) is 9.61. The van der Waals surface area contributed by atoms with Gasteiger partial charge in [-0.15, -0.1) is 5.10 Å². The predicted octanol–water partition coefficient (Wildman–Crippen LogP) is 3.27. The summed E-state index contributed by atoms with van der Waals surface area (Å²) in [4.78, 5) is 17.4. The van der Waals surface area contributed by atoms with Crippen molar-refractivity contribution in [3.63, 3.8) is 0 Å². The van der Waals surface area contributed by atoms with Crippen LogP contribution in [0, 0.1) is 0 Å². The minimum absolute atomic E-state index is 0.578. The number of benzene rings is 2. The molecule has 1 amide bonds. The second-order valence-electron chi connectivity index (χ2n) is 7.08. The molecule has 5 rings (SSSR count). The van der Waals surface area contributed by atoms with Gasteiger partial charge in [0, 0.05) is 31.1 Å². The number of aromatic amines is 1. The van der Waals surface area contributed by atoms with Gasteiger partial charge in [0.25, 0.3) is 0 Å². The van der Waals surface area contributed by atoms with Crippen molar-refractivity contribution in [3.05, 3.63) is 52.7 Å². The average Bonchev–Trinajstić information content (AvgIpc) is 3.36. The molecule has 4 aromatic rings. The van der Waals surface area contributed by atoms with E-state index in [2.05, 4.69) is 31.7 Å². The maximum absolute atomic E-state index is 11.0. The van der Waals surface area contributed by atoms with Crippen molar-refractivity contribution >= 4 is 40.5 Å². The Hall–Kier alpha value is -3.39. The molecule has 146 valence electrons. The van der Waals surface area contributed by atoms with Gasteiger partial charge in [0.2, 0.25) is 12.4 Å². The maximum atomic E-state index is 11.0. The van der Waals surface area contributed by atoms with E-state index in [4.69, 9.17) is 11.6 Å². The van der Waals surface area contributed by atoms with Crippen LogP contribution < -0.4 is 5.32 Å². The molecule has 0 unspecified atom stereocenters. The van der Waals surface area contributed by atoms with Crippen molar-refractivity contribution in [1.29, 1.82) is 0 Å². The van der Waals surface area contributed by atoms with E-state index in [1.165, 1.54) is 11.1 Å². The molecular weight excluding hydrogens is 390 g/mol. The lowest BCUT2D eigenvalue weighted by atomic mass is 9.97. The largest absolute Gasteiger partial charge is 0.341 e. The first kappa shape index (κ1) is 17.7. The minimum atomic E-state index is 0.578. The third kappa shape index (κ3) is 3.11. The number of halogens is 1. The van der Waals surface area contributed by atoms with Crippen LogP contribution in [0.5, 0.6) is 0 Å². The highest BCUT2D eigenvalue weighted by Crippen LogP contribution is 2.32. The van der Waals surface area contributed by atoms with Gasteiger partial charge in [0.05, 0.1) is 22.4 Å². The molecule has 1 aliphatic heterocycles. The minimum Gasteiger partial charge on any atom is -0.341 e. The third-order valence-electron chi connectivity index (χ3n) is 5.22. The van der Waals surface area contributed by atoms with Gasteiger partial charge in [-0.1, -0.05) is 23.7 Å². The fraction of sp³-hybridized carbons (Fsp3) is 0.200. The van der Waals surface area contributed by atoms with Crippen molar-refractivity contribution in [2.24, 2.45) is 7.05 Å². The van der Waals surface area contributed by atoms with Gasteiger partial charge in [-0.25, -0.2) is 4.68 Å². The van der Waals surface area contributed by atoms with Gasteiger partial charge in [-0.05, 0) is 35.7 Å². The molecular formula is C20H18ClN7O. The Morgan fingerprint density at radius 2 is 2.14 bits per heavy atom. The topological polar surface area (TPSA) is 91.7 Å². The molecule has 2 aromatic heterocycles. The quantitative estimate of drug-likeness (QED) is 0.506. The summed E-state index contributed by atoms with van der Waals surface area (Å²) in [5, 5.41) is 16.2. The number of hydrogen-bond acceptors (Lipinski definition) is 5. The van der Waals surface area contributed by atoms with E-state index < -0.39 is 0 Å². The molecule has 0 atom stereocenters. The number of H-pyrrole nitrogens is 1. The lowest BCUT2D eigenvalue weighted by molar-refractivity contribution is -0.118. The number of hydrogen-bond donors (Lipinski definition) is 2. The number of aromatic nitrogens is 5. The van der Waals surface area contributed by atoms with Crippen LogP contribution in [0.2, 0.25) is 5.02 Å². The molecule has 0 bridgehead atoms. The molecule has 0 aliphatic carbocycles. The van der Waals surface area contributed by atoms with Gasteiger partial charge in [0.1, 0.15) is 0 Å². The standard InChI is InChI=1S/C20H18ClN7O/c1-27-20(23-17-5-4-16-15(18(17)21)9-22-25-16)24-19(26-27)13-2-3-14-10-28(11-29)7-6-12(14)8-13/h2-5,8-9,11H,6-7,10H2,1H3,(H,22,25)(H,23,24,26). The third-order valence-corrected chi connectivity index (χ3v) is 5.63. The maximum Gasteiger partial charge on any atom is 0.225 e. The van der Waals surface area contributed by atoms with Crippen molar-refractivity contribution in [2.45, 2.75) is 13.0 Å². The first-order valence-electron chi connectivity index (χ1n) is 9.23. The summed E-state index contributed by atoms with van der Waals surface area (Å²) in [6.45, 7) is 1.38. The Balaban J connectivity index is 1.44. The molecule has 0 fully saturated rings. The molecule has 0 radical (unpaired) electrons. The van der Waals surface area contributed by atoms with Gasteiger partial charge < -0.3 is 10.2 Å². The van der Waals surface area contributed by atoms with Crippen molar-refractivity contribution in [3.8, 4) is 11.4 Å². The Labute approximate surface area is 171 Å². The average molecular weight is 408 g/mol. The van der Waals surface area contributed by atoms with Crippen molar-refractivity contribution in [1.82, 2.24) is 29.9 Å². The number of rotatable bonds is 4. The fourth-order valence-corrected chi connectivity index (χ4v) is 3.88. The number of amides is 1. The molecule has 1 aliphatic rings. The molecule has 2 aromatic carbocycles. The summed E-state index contributed by atoms with van der Waals surface area (Å²) in [5.41, 5.74) is 4.96. The zero-order valence-corrected chi connectivity index (χ0v) is 16.4. The van der Waals surface area contributed by atoms with E-state index >= 15 is 0 Å². The van der Waals surface area contributed by atoms with Crippen molar-refractivity contribution in [2.75, 3.05) is 11.9 Å². The number of nitrogens with zero attached hydrogens (tertiary/aromatic N) is 5. The Morgan fingerprint density at radius 1 is 1.24 bits per heavy atom. The zero-order valence-electron chi connectivity index (χ0n) is 15.7. The molecule has 8 nitrogen and oxygen atoms in total. The van der Waals surface area contributed by atoms with Gasteiger partial charge in [-0.3, -0.25) is 9.89 Å². The Morgan fingerprint density at radius 3 is 3.00 bits per heavy atom. The zero-order chi connectivity index (χ0) is 20.0. The van der Waals surface area contributed by atoms with E-state index in [-0.39, 0.29) is 0 Å². The van der Waals surface area contributed by atoms with Crippen molar-refractivity contribution < 1.29 is 4.79 Å². The summed E-state index contributed by atoms with van der Waals surface area (Å²) in [5.74, 6) is 1.23. The molecule has 29 heavy (non-hydrogen) atoms. The summed E-state index contributed by atoms with van der Waals surface area (Å²) < 4.78 is 1.69. The number of aryl methyl sites for hydroxylation is 1. The van der Waals surface area contributed by atoms with Crippen LogP contribution in [0.15, 0.2) is 36.5 Å². The Kier molecular flexibility index (Phi) is 4.21. The summed E-state index contributed by atoms with van der Waals surface area (Å²) >= 11 is 6.50. The summed E-state index contributed by atoms with van der Waals surface area (Å²) in [6.07, 6.45) is 3.44. The van der Waals surface area contributed by atoms with Crippen LogP contribution in [0.4, 0.5) is 11.6 Å². The van der Waals surface area contributed by atoms with E-state index in [0.29, 0.717) is 23.3 Å². The molecule has 0 spiro atoms. The summed E-state index contributed by atoms with van der Waals surface area (Å²) in [6, 6.07) is 9.96. The highest BCUT2D eigenvalue weighted by atomic mass is 35.5. The van der Waals surface area contributed by atoms with Gasteiger partial charge in [0.15, 0.2) is 5.82 Å². The second-order valence-corrected chi connectivity index (χ2v) is 7.45. The first-order chi connectivity index (χ1) is 14.1. The lowest BCUT2D eigenvalue weighted by Gasteiger charge is -2.25. The van der Waals surface area contributed by atoms with E-state index in [9.17, 15) is 4.79 Å². The van der Waals surface area contributed by atoms with Crippen LogP contribution >= 0.6 is 11.6 Å². The smallest absolute Gasteiger partial charge is 0.225 e. The molecule has 2 N–H and O–H groups in total. The van der Waals surface area contributed by atoms with E-state index in [1.54, 1.807) is 15.8 Å². The number of carbonyl (C=O) groups is 1. The number of fused-ring (bicyclic) bond motifs is 2. The lowest BCUT2D eigenvalue weighted by Crippen LogP contribution is -2.29. The summed E-state index contributed by atoms with van der Waals surface area (Å²) in [7, 11) is 1.84. The second kappa shape index (κ2) is 6.89. The fourth-order valence-electron chi connectivity index (χ4n) is 3.62. The van der Waals surface area contributed by atoms with Crippen LogP contribution in [0.25, 0.3) is 22.3 Å². The Bertz CT molecular complexity index is 1230. The monoisotopic (exact) mass is 407 g/mol. The number of carbonyl (C=O) groups excluding carboxylic acids is 1. The number of anilines is 2. The van der Waals surface area contributed by atoms with Gasteiger partial charge >= 0.3 is 0 Å².